The molecule has 1 aliphatic rings. The molecule has 74 valence electrons. The van der Waals surface area contributed by atoms with Crippen molar-refractivity contribution in [1.29, 1.82) is 0 Å². The molecule has 1 aliphatic carbocycles. The molecule has 0 unspecified atom stereocenters. The van der Waals surface area contributed by atoms with Gasteiger partial charge < -0.3 is 0 Å². The van der Waals surface area contributed by atoms with Gasteiger partial charge in [-0.1, -0.05) is 0 Å². The largest absolute Gasteiger partial charge is 0.299 e. The van der Waals surface area contributed by atoms with E-state index < -0.39 is 0 Å². The van der Waals surface area contributed by atoms with Crippen LogP contribution in [0.4, 0.5) is 0 Å². The number of halogens is 1. The van der Waals surface area contributed by atoms with Crippen molar-refractivity contribution in [2.24, 2.45) is 0 Å². The Kier molecular flexibility index (Phi) is 2.83. The highest BCUT2D eigenvalue weighted by molar-refractivity contribution is 9.11. The molecule has 2 rings (SSSR count). The fourth-order valence-corrected chi connectivity index (χ4v) is 3.26. The van der Waals surface area contributed by atoms with E-state index in [-0.39, 0.29) is 23.9 Å². The summed E-state index contributed by atoms with van der Waals surface area (Å²) in [6.07, 6.45) is 1.19. The average molecular weight is 273 g/mol. The van der Waals surface area contributed by atoms with E-state index in [0.717, 1.165) is 8.66 Å². The molecule has 0 N–H and O–H groups in total. The number of rotatable bonds is 1. The first-order valence-electron chi connectivity index (χ1n) is 4.44. The molecule has 0 atom stereocenters. The normalized spacial score (nSPS) is 18.9. The van der Waals surface area contributed by atoms with Crippen LogP contribution in [-0.4, -0.2) is 11.6 Å². The fraction of sp³-hybridized carbons (Fsp3) is 0.400. The van der Waals surface area contributed by atoms with Crippen LogP contribution in [0.2, 0.25) is 0 Å². The van der Waals surface area contributed by atoms with Gasteiger partial charge in [-0.05, 0) is 28.1 Å². The zero-order valence-electron chi connectivity index (χ0n) is 7.46. The molecule has 1 heterocycles. The van der Waals surface area contributed by atoms with Crippen molar-refractivity contribution in [1.82, 2.24) is 0 Å². The van der Waals surface area contributed by atoms with E-state index in [1.807, 2.05) is 12.1 Å². The van der Waals surface area contributed by atoms with Crippen LogP contribution in [0.5, 0.6) is 0 Å². The van der Waals surface area contributed by atoms with Gasteiger partial charge in [0.05, 0.1) is 10.2 Å². The third-order valence-electron chi connectivity index (χ3n) is 2.34. The van der Waals surface area contributed by atoms with Gasteiger partial charge in [0.2, 0.25) is 0 Å². The molecule has 1 aromatic heterocycles. The molecule has 2 nitrogen and oxygen atoms in total. The lowest BCUT2D eigenvalue weighted by atomic mass is 9.86. The summed E-state index contributed by atoms with van der Waals surface area (Å²) in [7, 11) is 0. The van der Waals surface area contributed by atoms with Gasteiger partial charge >= 0.3 is 0 Å². The predicted octanol–water partition coefficient (Wildman–Crippen LogP) is 2.92. The van der Waals surface area contributed by atoms with E-state index in [4.69, 9.17) is 0 Å². The van der Waals surface area contributed by atoms with Crippen molar-refractivity contribution >= 4 is 38.8 Å². The number of thiophene rings is 1. The topological polar surface area (TPSA) is 34.1 Å². The number of hydrogen-bond acceptors (Lipinski definition) is 3. The van der Waals surface area contributed by atoms with Gasteiger partial charge in [0.15, 0.2) is 0 Å². The first kappa shape index (κ1) is 10.1. The van der Waals surface area contributed by atoms with Crippen LogP contribution in [0.1, 0.15) is 30.1 Å². The van der Waals surface area contributed by atoms with Crippen LogP contribution in [-0.2, 0) is 9.59 Å². The van der Waals surface area contributed by atoms with E-state index in [1.165, 1.54) is 0 Å². The molecule has 1 fully saturated rings. The molecule has 0 spiro atoms. The van der Waals surface area contributed by atoms with Crippen molar-refractivity contribution in [2.75, 3.05) is 0 Å². The van der Waals surface area contributed by atoms with Crippen molar-refractivity contribution in [3.8, 4) is 0 Å². The Bertz CT molecular complexity index is 367. The Morgan fingerprint density at radius 3 is 2.36 bits per heavy atom. The number of Topliss-reactive ketones (excluding diaryl/α,β-unsaturated/α-hetero) is 2. The maximum atomic E-state index is 11.2. The molecule has 0 aromatic carbocycles. The molecule has 0 bridgehead atoms. The summed E-state index contributed by atoms with van der Waals surface area (Å²) in [6.45, 7) is 0. The second-order valence-electron chi connectivity index (χ2n) is 3.50. The van der Waals surface area contributed by atoms with Crippen LogP contribution in [0.3, 0.4) is 0 Å². The maximum Gasteiger partial charge on any atom is 0.140 e. The second kappa shape index (κ2) is 3.95. The summed E-state index contributed by atoms with van der Waals surface area (Å²) in [6, 6.07) is 3.95. The Morgan fingerprint density at radius 1 is 1.21 bits per heavy atom. The van der Waals surface area contributed by atoms with Crippen molar-refractivity contribution < 1.29 is 9.59 Å². The van der Waals surface area contributed by atoms with Gasteiger partial charge in [-0.3, -0.25) is 9.59 Å². The summed E-state index contributed by atoms with van der Waals surface area (Å²) in [4.78, 5) is 23.6. The zero-order chi connectivity index (χ0) is 10.1. The molecule has 14 heavy (non-hydrogen) atoms. The molecule has 0 amide bonds. The first-order chi connectivity index (χ1) is 6.65. The summed E-state index contributed by atoms with van der Waals surface area (Å²) in [5.41, 5.74) is 0. The van der Waals surface area contributed by atoms with Crippen LogP contribution >= 0.6 is 27.3 Å². The Labute approximate surface area is 94.4 Å². The molecule has 4 heteroatoms. The lowest BCUT2D eigenvalue weighted by Gasteiger charge is -2.18. The van der Waals surface area contributed by atoms with Gasteiger partial charge in [0.1, 0.15) is 11.6 Å². The summed E-state index contributed by atoms with van der Waals surface area (Å²) >= 11 is 4.99. The Morgan fingerprint density at radius 2 is 1.86 bits per heavy atom. The van der Waals surface area contributed by atoms with Crippen molar-refractivity contribution in [3.05, 3.63) is 20.8 Å². The standard InChI is InChI=1S/C10H9BrO2S/c11-10-2-1-9(14-10)6-3-7(12)5-8(13)4-6/h1-2,6H,3-5H2. The third kappa shape index (κ3) is 2.12. The average Bonchev–Trinajstić information content (AvgIpc) is 2.50. The minimum Gasteiger partial charge on any atom is -0.299 e. The predicted molar refractivity (Wildman–Crippen MR) is 58.6 cm³/mol. The summed E-state index contributed by atoms with van der Waals surface area (Å²) in [5.74, 6) is 0.284. The Hall–Kier alpha value is -0.480. The minimum atomic E-state index is 0.0794. The Balaban J connectivity index is 2.18. The monoisotopic (exact) mass is 272 g/mol. The van der Waals surface area contributed by atoms with Gasteiger partial charge in [0.25, 0.3) is 0 Å². The highest BCUT2D eigenvalue weighted by atomic mass is 79.9. The van der Waals surface area contributed by atoms with E-state index >= 15 is 0 Å². The summed E-state index contributed by atoms with van der Waals surface area (Å²) < 4.78 is 1.05. The smallest absolute Gasteiger partial charge is 0.140 e. The van der Waals surface area contributed by atoms with E-state index in [1.54, 1.807) is 11.3 Å². The van der Waals surface area contributed by atoms with E-state index in [2.05, 4.69) is 15.9 Å². The van der Waals surface area contributed by atoms with Crippen LogP contribution < -0.4 is 0 Å². The van der Waals surface area contributed by atoms with E-state index in [9.17, 15) is 9.59 Å². The molecular formula is C10H9BrO2S. The number of ketones is 2. The molecule has 0 saturated heterocycles. The molecular weight excluding hydrogens is 264 g/mol. The first-order valence-corrected chi connectivity index (χ1v) is 6.05. The zero-order valence-corrected chi connectivity index (χ0v) is 9.86. The van der Waals surface area contributed by atoms with Crippen LogP contribution in [0.25, 0.3) is 0 Å². The molecule has 1 aromatic rings. The third-order valence-corrected chi connectivity index (χ3v) is 4.12. The van der Waals surface area contributed by atoms with Crippen molar-refractivity contribution in [2.45, 2.75) is 25.2 Å². The molecule has 0 aliphatic heterocycles. The highest BCUT2D eigenvalue weighted by Gasteiger charge is 2.27. The number of carbonyl (C=O) groups excluding carboxylic acids is 2. The van der Waals surface area contributed by atoms with E-state index in [0.29, 0.717) is 12.8 Å². The fourth-order valence-electron chi connectivity index (χ4n) is 1.73. The summed E-state index contributed by atoms with van der Waals surface area (Å²) in [5, 5.41) is 0. The number of hydrogen-bond donors (Lipinski definition) is 0. The SMILES string of the molecule is O=C1CC(=O)CC(c2ccc(Br)s2)C1. The molecule has 0 radical (unpaired) electrons. The van der Waals surface area contributed by atoms with Gasteiger partial charge in [0, 0.05) is 23.6 Å². The minimum absolute atomic E-state index is 0.0794. The lowest BCUT2D eigenvalue weighted by molar-refractivity contribution is -0.130. The van der Waals surface area contributed by atoms with Gasteiger partial charge in [-0.15, -0.1) is 11.3 Å². The van der Waals surface area contributed by atoms with Crippen molar-refractivity contribution in [3.63, 3.8) is 0 Å². The lowest BCUT2D eigenvalue weighted by Crippen LogP contribution is -2.20. The highest BCUT2D eigenvalue weighted by Crippen LogP contribution is 2.35. The molecule has 1 saturated carbocycles. The van der Waals surface area contributed by atoms with Gasteiger partial charge in [-0.25, -0.2) is 0 Å². The second-order valence-corrected chi connectivity index (χ2v) is 6.00. The van der Waals surface area contributed by atoms with Crippen LogP contribution in [0, 0.1) is 0 Å². The number of carbonyl (C=O) groups is 2. The maximum absolute atomic E-state index is 11.2. The quantitative estimate of drug-likeness (QED) is 0.737. The van der Waals surface area contributed by atoms with Crippen LogP contribution in [0.15, 0.2) is 15.9 Å². The van der Waals surface area contributed by atoms with Gasteiger partial charge in [-0.2, -0.15) is 0 Å².